The number of anilines is 1. The van der Waals surface area contributed by atoms with E-state index in [1.807, 2.05) is 48.5 Å². The largest absolute Gasteiger partial charge is 0.472 e. The van der Waals surface area contributed by atoms with Gasteiger partial charge in [-0.3, -0.25) is 23.4 Å². The Morgan fingerprint density at radius 2 is 1.80 bits per heavy atom. The first-order valence-corrected chi connectivity index (χ1v) is 23.9. The summed E-state index contributed by atoms with van der Waals surface area (Å²) in [6.45, 7) is 2.20. The Morgan fingerprint density at radius 1 is 1.08 bits per heavy atom. The van der Waals surface area contributed by atoms with Gasteiger partial charge in [-0.05, 0) is 37.0 Å². The molecular formula is C42H63N7O13P2. The summed E-state index contributed by atoms with van der Waals surface area (Å²) in [6.07, 6.45) is 2.91. The minimum absolute atomic E-state index is 0.0367. The predicted octanol–water partition coefficient (Wildman–Crippen LogP) is 2.94. The van der Waals surface area contributed by atoms with Crippen LogP contribution >= 0.6 is 16.4 Å². The first kappa shape index (κ1) is 52.3. The number of nitrogens with zero attached hydrogens (tertiary/aromatic N) is 3. The third kappa shape index (κ3) is 16.0. The van der Waals surface area contributed by atoms with Crippen LogP contribution in [0.25, 0.3) is 11.4 Å². The molecule has 2 heterocycles. The third-order valence-corrected chi connectivity index (χ3v) is 12.0. The summed E-state index contributed by atoms with van der Waals surface area (Å²) < 4.78 is 34.0. The van der Waals surface area contributed by atoms with Gasteiger partial charge in [0, 0.05) is 62.8 Å². The van der Waals surface area contributed by atoms with Crippen molar-refractivity contribution in [3.63, 3.8) is 0 Å². The molecule has 22 heteroatoms. The van der Waals surface area contributed by atoms with Gasteiger partial charge < -0.3 is 66.1 Å². The summed E-state index contributed by atoms with van der Waals surface area (Å²) in [7, 11) is -6.28. The number of hydrogen-bond acceptors (Lipinski definition) is 15. The lowest BCUT2D eigenvalue weighted by molar-refractivity contribution is -0.125. The van der Waals surface area contributed by atoms with Gasteiger partial charge in [0.1, 0.15) is 24.1 Å². The Balaban J connectivity index is 1.25. The number of carbonyl (C=O) groups excluding carboxylic acids is 3. The van der Waals surface area contributed by atoms with E-state index in [-0.39, 0.29) is 43.4 Å². The Kier molecular flexibility index (Phi) is 21.8. The molecule has 1 saturated heterocycles. The number of nitrogens with one attached hydrogen (secondary N) is 2. The van der Waals surface area contributed by atoms with Gasteiger partial charge in [-0.1, -0.05) is 75.1 Å². The van der Waals surface area contributed by atoms with E-state index < -0.39 is 66.7 Å². The van der Waals surface area contributed by atoms with Crippen LogP contribution in [-0.4, -0.2) is 118 Å². The number of nitrogens with two attached hydrogens (primary N) is 2. The van der Waals surface area contributed by atoms with Crippen LogP contribution in [0.1, 0.15) is 81.4 Å². The number of rotatable bonds is 27. The van der Waals surface area contributed by atoms with Crippen LogP contribution in [0.4, 0.5) is 5.69 Å². The third-order valence-electron chi connectivity index (χ3n) is 10.7. The normalized spacial score (nSPS) is 21.4. The topological polar surface area (TPSA) is 301 Å². The van der Waals surface area contributed by atoms with Gasteiger partial charge in [-0.2, -0.15) is 4.99 Å². The number of fused-ring (bicyclic) bond motifs is 2. The van der Waals surface area contributed by atoms with E-state index in [1.54, 1.807) is 4.90 Å². The maximum atomic E-state index is 13.8. The molecule has 1 fully saturated rings. The first-order valence-electron chi connectivity index (χ1n) is 21.3. The Labute approximate surface area is 374 Å². The minimum atomic E-state index is -4.90. The number of phosphoric ester groups is 1. The molecule has 2 aromatic carbocycles. The average Bonchev–Trinajstić information content (AvgIpc) is 3.58. The zero-order valence-corrected chi connectivity index (χ0v) is 38.0. The molecule has 2 aromatic rings. The molecule has 6 unspecified atom stereocenters. The van der Waals surface area contributed by atoms with Gasteiger partial charge in [-0.15, -0.1) is 0 Å². The molecule has 6 atom stereocenters. The second-order valence-corrected chi connectivity index (χ2v) is 17.6. The summed E-state index contributed by atoms with van der Waals surface area (Å²) in [5.41, 5.74) is 17.0. The number of unbranched alkanes of at least 4 members (excludes halogenated alkanes) is 4. The van der Waals surface area contributed by atoms with Gasteiger partial charge in [-0.25, -0.2) is 4.57 Å². The number of phosphoric acid groups is 1. The van der Waals surface area contributed by atoms with Crippen molar-refractivity contribution in [1.29, 1.82) is 0 Å². The number of amides is 3. The summed E-state index contributed by atoms with van der Waals surface area (Å²) in [5.74, 6) is -1.27. The zero-order chi connectivity index (χ0) is 46.6. The van der Waals surface area contributed by atoms with Crippen molar-refractivity contribution in [2.75, 3.05) is 44.9 Å². The molecule has 2 aliphatic rings. The van der Waals surface area contributed by atoms with E-state index >= 15 is 0 Å². The lowest BCUT2D eigenvalue weighted by Crippen LogP contribution is -2.41. The first-order chi connectivity index (χ1) is 30.7. The van der Waals surface area contributed by atoms with E-state index in [9.17, 15) is 43.8 Å². The fourth-order valence-electron chi connectivity index (χ4n) is 7.24. The summed E-state index contributed by atoms with van der Waals surface area (Å²) in [6, 6.07) is 15.4. The molecule has 0 aromatic heterocycles. The van der Waals surface area contributed by atoms with Crippen LogP contribution in [0.3, 0.4) is 0 Å². The van der Waals surface area contributed by atoms with Crippen LogP contribution in [-0.2, 0) is 43.8 Å². The molecule has 3 amide bonds. The maximum absolute atomic E-state index is 13.8. The molecule has 0 aliphatic carbocycles. The van der Waals surface area contributed by atoms with Crippen LogP contribution in [0.2, 0.25) is 0 Å². The standard InChI is InChI=1S/C42H63N7O13P2/c1-3-4-5-11-22-46-39-31-15-7-6-14-30(31)24-49(33-17-9-8-16-32(33)38(39)44)37(53)19-18-36(52)45-21-12-10-13-29(25-50)26-60-64(57,58)62-41-34(27-59-63(55)56)61-42(40(41)54)48(2)23-20-35(43)47-28-51/h6-9,14-17,20,23,28-29,34,40-42,46,50,54-56H,3-5,10-13,18-19,21-22,24-27,44H2,1-2H3,(H,45,52)(H,57,58)(H2,43,47,51)/b23-20-,39-38-. The fraction of sp³-hybridized carbons (Fsp3) is 0.524. The monoisotopic (exact) mass is 935 g/mol. The van der Waals surface area contributed by atoms with Crippen LogP contribution in [0.15, 0.2) is 65.8 Å². The van der Waals surface area contributed by atoms with Crippen molar-refractivity contribution in [1.82, 2.24) is 15.5 Å². The highest BCUT2D eigenvalue weighted by atomic mass is 31.2. The highest BCUT2D eigenvalue weighted by Gasteiger charge is 2.49. The van der Waals surface area contributed by atoms with Crippen molar-refractivity contribution < 1.29 is 62.2 Å². The van der Waals surface area contributed by atoms with Crippen molar-refractivity contribution in [2.24, 2.45) is 22.4 Å². The summed E-state index contributed by atoms with van der Waals surface area (Å²) in [4.78, 5) is 72.7. The van der Waals surface area contributed by atoms with Crippen LogP contribution in [0, 0.1) is 5.92 Å². The molecule has 354 valence electrons. The Bertz CT molecular complexity index is 1970. The number of aliphatic imine (C=N–C) groups is 1. The van der Waals surface area contributed by atoms with E-state index in [2.05, 4.69) is 22.5 Å². The van der Waals surface area contributed by atoms with Crippen molar-refractivity contribution in [3.05, 3.63) is 77.5 Å². The van der Waals surface area contributed by atoms with Gasteiger partial charge in [0.25, 0.3) is 0 Å². The van der Waals surface area contributed by atoms with Crippen LogP contribution in [0.5, 0.6) is 0 Å². The van der Waals surface area contributed by atoms with E-state index in [0.717, 1.165) is 54.6 Å². The highest BCUT2D eigenvalue weighted by Crippen LogP contribution is 2.48. The number of para-hydroxylation sites is 1. The van der Waals surface area contributed by atoms with Crippen molar-refractivity contribution in [3.8, 4) is 0 Å². The lowest BCUT2D eigenvalue weighted by atomic mass is 9.95. The fourth-order valence-corrected chi connectivity index (χ4v) is 8.54. The number of carbonyl (C=O) groups is 3. The van der Waals surface area contributed by atoms with Gasteiger partial charge >= 0.3 is 16.4 Å². The molecule has 0 radical (unpaired) electrons. The molecule has 4 rings (SSSR count). The lowest BCUT2D eigenvalue weighted by Gasteiger charge is -2.30. The molecule has 0 bridgehead atoms. The van der Waals surface area contributed by atoms with Gasteiger partial charge in [0.2, 0.25) is 18.2 Å². The summed E-state index contributed by atoms with van der Waals surface area (Å²) in [5, 5.41) is 27.3. The molecule has 11 N–H and O–H groups in total. The zero-order valence-electron chi connectivity index (χ0n) is 36.2. The molecule has 0 saturated carbocycles. The molecule has 20 nitrogen and oxygen atoms in total. The molecule has 2 aliphatic heterocycles. The number of benzene rings is 2. The SMILES string of the molecule is CCCCCCN/C1=C(\N)c2ccccc2N(C(=O)CCC(=O)NCCCCC(CO)COP(=O)(O)OC2C(COP(O)O)OC(N(C)/C=C\C(N)=NC=O)C2O)Cc2ccccc21. The van der Waals surface area contributed by atoms with Gasteiger partial charge in [0.05, 0.1) is 36.8 Å². The minimum Gasteiger partial charge on any atom is -0.396 e. The van der Waals surface area contributed by atoms with Crippen molar-refractivity contribution >= 4 is 57.6 Å². The van der Waals surface area contributed by atoms with E-state index in [1.165, 1.54) is 24.2 Å². The quantitative estimate of drug-likeness (QED) is 0.0205. The number of hydrogen-bond donors (Lipinski definition) is 9. The molecule has 64 heavy (non-hydrogen) atoms. The average molecular weight is 936 g/mol. The summed E-state index contributed by atoms with van der Waals surface area (Å²) >= 11 is 0. The van der Waals surface area contributed by atoms with Gasteiger partial charge in [0.15, 0.2) is 6.23 Å². The maximum Gasteiger partial charge on any atom is 0.472 e. The smallest absolute Gasteiger partial charge is 0.396 e. The number of aliphatic hydroxyl groups is 2. The van der Waals surface area contributed by atoms with Crippen molar-refractivity contribution in [2.45, 2.75) is 95.8 Å². The highest BCUT2D eigenvalue weighted by molar-refractivity contribution is 7.47. The number of amidine groups is 1. The molecule has 0 spiro atoms. The number of likely N-dealkylation sites (N-methyl/N-ethyl adjacent to an activating group) is 1. The Morgan fingerprint density at radius 3 is 2.52 bits per heavy atom. The predicted molar refractivity (Wildman–Crippen MR) is 241 cm³/mol. The van der Waals surface area contributed by atoms with E-state index in [4.69, 9.17) is 29.8 Å². The second-order valence-electron chi connectivity index (χ2n) is 15.4. The van der Waals surface area contributed by atoms with E-state index in [0.29, 0.717) is 37.2 Å². The number of aliphatic hydroxyl groups excluding tert-OH is 2. The molecular weight excluding hydrogens is 872 g/mol. The Hall–Kier alpha value is -4.30. The van der Waals surface area contributed by atoms with Crippen LogP contribution < -0.4 is 27.0 Å². The number of ether oxygens (including phenoxy) is 1. The second kappa shape index (κ2) is 26.6.